The van der Waals surface area contributed by atoms with E-state index in [1.807, 2.05) is 34.9 Å². The van der Waals surface area contributed by atoms with Gasteiger partial charge in [-0.25, -0.2) is 4.68 Å². The second-order valence-electron chi connectivity index (χ2n) is 4.29. The van der Waals surface area contributed by atoms with Crippen LogP contribution in [0, 0.1) is 0 Å². The fourth-order valence-electron chi connectivity index (χ4n) is 2.03. The summed E-state index contributed by atoms with van der Waals surface area (Å²) in [6.07, 6.45) is 4.81. The van der Waals surface area contributed by atoms with Gasteiger partial charge in [0, 0.05) is 19.8 Å². The molecule has 0 aliphatic carbocycles. The maximum Gasteiger partial charge on any atom is 0.0956 e. The zero-order valence-corrected chi connectivity index (χ0v) is 11.2. The first-order valence-corrected chi connectivity index (χ1v) is 6.37. The van der Waals surface area contributed by atoms with Crippen molar-refractivity contribution >= 4 is 0 Å². The van der Waals surface area contributed by atoms with Gasteiger partial charge in [-0.05, 0) is 19.0 Å². The van der Waals surface area contributed by atoms with Crippen molar-refractivity contribution in [1.82, 2.24) is 30.1 Å². The molecule has 1 N–H and O–H groups in total. The standard InChI is InChI=1S/C12H20N6/c1-4-7-18-11(9-14-16-18)12(13-5-2)10-6-8-17(3)15-10/h6,8-9,12-13H,4-5,7H2,1-3H3. The molecule has 0 amide bonds. The molecule has 1 unspecified atom stereocenters. The van der Waals surface area contributed by atoms with Crippen molar-refractivity contribution in [2.24, 2.45) is 7.05 Å². The van der Waals surface area contributed by atoms with Gasteiger partial charge in [-0.1, -0.05) is 19.1 Å². The Bertz CT molecular complexity index is 486. The van der Waals surface area contributed by atoms with Gasteiger partial charge in [0.2, 0.25) is 0 Å². The van der Waals surface area contributed by atoms with Crippen LogP contribution in [0.15, 0.2) is 18.5 Å². The Morgan fingerprint density at radius 1 is 1.39 bits per heavy atom. The van der Waals surface area contributed by atoms with Crippen LogP contribution in [0.1, 0.15) is 37.7 Å². The van der Waals surface area contributed by atoms with Crippen LogP contribution >= 0.6 is 0 Å². The van der Waals surface area contributed by atoms with Crippen molar-refractivity contribution in [3.63, 3.8) is 0 Å². The van der Waals surface area contributed by atoms with E-state index >= 15 is 0 Å². The van der Waals surface area contributed by atoms with Crippen LogP contribution in [-0.2, 0) is 13.6 Å². The Morgan fingerprint density at radius 3 is 2.83 bits per heavy atom. The van der Waals surface area contributed by atoms with Gasteiger partial charge in [0.05, 0.1) is 23.6 Å². The van der Waals surface area contributed by atoms with Crippen molar-refractivity contribution in [1.29, 1.82) is 0 Å². The minimum atomic E-state index is 0.0535. The van der Waals surface area contributed by atoms with Crippen LogP contribution in [0.2, 0.25) is 0 Å². The van der Waals surface area contributed by atoms with Crippen LogP contribution in [0.5, 0.6) is 0 Å². The Balaban J connectivity index is 2.31. The number of hydrogen-bond acceptors (Lipinski definition) is 4. The number of aryl methyl sites for hydroxylation is 2. The van der Waals surface area contributed by atoms with Crippen LogP contribution in [0.3, 0.4) is 0 Å². The largest absolute Gasteiger partial charge is 0.304 e. The first-order chi connectivity index (χ1) is 8.76. The SMILES string of the molecule is CCCn1nncc1C(NCC)c1ccn(C)n1. The van der Waals surface area contributed by atoms with E-state index in [1.54, 1.807) is 0 Å². The summed E-state index contributed by atoms with van der Waals surface area (Å²) in [7, 11) is 1.92. The molecule has 98 valence electrons. The van der Waals surface area contributed by atoms with Crippen molar-refractivity contribution in [3.8, 4) is 0 Å². The van der Waals surface area contributed by atoms with Crippen molar-refractivity contribution in [3.05, 3.63) is 29.8 Å². The lowest BCUT2D eigenvalue weighted by molar-refractivity contribution is 0.503. The summed E-state index contributed by atoms with van der Waals surface area (Å²) in [5.41, 5.74) is 2.07. The average molecular weight is 248 g/mol. The van der Waals surface area contributed by atoms with E-state index in [1.165, 1.54) is 0 Å². The van der Waals surface area contributed by atoms with Gasteiger partial charge in [-0.2, -0.15) is 5.10 Å². The van der Waals surface area contributed by atoms with E-state index in [2.05, 4.69) is 34.6 Å². The summed E-state index contributed by atoms with van der Waals surface area (Å²) in [4.78, 5) is 0. The molecule has 6 heteroatoms. The molecule has 0 aliphatic heterocycles. The number of nitrogens with zero attached hydrogens (tertiary/aromatic N) is 5. The molecule has 6 nitrogen and oxygen atoms in total. The molecule has 0 saturated carbocycles. The van der Waals surface area contributed by atoms with E-state index in [-0.39, 0.29) is 6.04 Å². The maximum absolute atomic E-state index is 4.47. The topological polar surface area (TPSA) is 60.6 Å². The quantitative estimate of drug-likeness (QED) is 0.832. The van der Waals surface area contributed by atoms with E-state index < -0.39 is 0 Å². The molecule has 0 fully saturated rings. The lowest BCUT2D eigenvalue weighted by atomic mass is 10.1. The molecule has 1 atom stereocenters. The van der Waals surface area contributed by atoms with Crippen molar-refractivity contribution in [2.75, 3.05) is 6.54 Å². The smallest absolute Gasteiger partial charge is 0.0956 e. The van der Waals surface area contributed by atoms with E-state index in [0.29, 0.717) is 0 Å². The lowest BCUT2D eigenvalue weighted by Gasteiger charge is -2.16. The second kappa shape index (κ2) is 5.77. The molecule has 0 spiro atoms. The normalized spacial score (nSPS) is 12.8. The number of rotatable bonds is 6. The molecule has 18 heavy (non-hydrogen) atoms. The van der Waals surface area contributed by atoms with Crippen LogP contribution < -0.4 is 5.32 Å². The fourth-order valence-corrected chi connectivity index (χ4v) is 2.03. The molecule has 2 aromatic heterocycles. The third kappa shape index (κ3) is 2.59. The highest BCUT2D eigenvalue weighted by atomic mass is 15.4. The Hall–Kier alpha value is -1.69. The van der Waals surface area contributed by atoms with E-state index in [9.17, 15) is 0 Å². The predicted octanol–water partition coefficient (Wildman–Crippen LogP) is 1.12. The fraction of sp³-hybridized carbons (Fsp3) is 0.583. The van der Waals surface area contributed by atoms with Crippen LogP contribution in [-0.4, -0.2) is 31.3 Å². The predicted molar refractivity (Wildman–Crippen MR) is 69.0 cm³/mol. The Morgan fingerprint density at radius 2 is 2.22 bits per heavy atom. The molecular weight excluding hydrogens is 228 g/mol. The first kappa shape index (κ1) is 12.8. The summed E-state index contributed by atoms with van der Waals surface area (Å²) >= 11 is 0. The lowest BCUT2D eigenvalue weighted by Crippen LogP contribution is -2.25. The monoisotopic (exact) mass is 248 g/mol. The maximum atomic E-state index is 4.47. The molecule has 0 aromatic carbocycles. The third-order valence-corrected chi connectivity index (χ3v) is 2.82. The molecule has 2 rings (SSSR count). The van der Waals surface area contributed by atoms with Gasteiger partial charge >= 0.3 is 0 Å². The highest BCUT2D eigenvalue weighted by Crippen LogP contribution is 2.19. The van der Waals surface area contributed by atoms with Crippen LogP contribution in [0.25, 0.3) is 0 Å². The first-order valence-electron chi connectivity index (χ1n) is 6.37. The van der Waals surface area contributed by atoms with E-state index in [4.69, 9.17) is 0 Å². The van der Waals surface area contributed by atoms with Gasteiger partial charge in [-0.15, -0.1) is 5.10 Å². The minimum absolute atomic E-state index is 0.0535. The average Bonchev–Trinajstić information content (AvgIpc) is 2.96. The highest BCUT2D eigenvalue weighted by Gasteiger charge is 2.20. The highest BCUT2D eigenvalue weighted by molar-refractivity contribution is 5.18. The minimum Gasteiger partial charge on any atom is -0.304 e. The van der Waals surface area contributed by atoms with Gasteiger partial charge in [-0.3, -0.25) is 4.68 Å². The van der Waals surface area contributed by atoms with E-state index in [0.717, 1.165) is 30.9 Å². The number of hydrogen-bond donors (Lipinski definition) is 1. The summed E-state index contributed by atoms with van der Waals surface area (Å²) in [5, 5.41) is 16.1. The number of aromatic nitrogens is 5. The van der Waals surface area contributed by atoms with Crippen LogP contribution in [0.4, 0.5) is 0 Å². The molecule has 0 bridgehead atoms. The molecule has 0 radical (unpaired) electrons. The summed E-state index contributed by atoms with van der Waals surface area (Å²) in [6, 6.07) is 2.08. The van der Waals surface area contributed by atoms with Crippen molar-refractivity contribution < 1.29 is 0 Å². The summed E-state index contributed by atoms with van der Waals surface area (Å²) < 4.78 is 3.76. The van der Waals surface area contributed by atoms with Gasteiger partial charge < -0.3 is 5.32 Å². The summed E-state index contributed by atoms with van der Waals surface area (Å²) in [5.74, 6) is 0. The molecule has 0 saturated heterocycles. The molecule has 2 heterocycles. The molecular formula is C12H20N6. The Kier molecular flexibility index (Phi) is 4.09. The summed E-state index contributed by atoms with van der Waals surface area (Å²) in [6.45, 7) is 5.97. The van der Waals surface area contributed by atoms with Gasteiger partial charge in [0.15, 0.2) is 0 Å². The zero-order valence-electron chi connectivity index (χ0n) is 11.2. The molecule has 0 aliphatic rings. The Labute approximate surface area is 107 Å². The van der Waals surface area contributed by atoms with Crippen molar-refractivity contribution in [2.45, 2.75) is 32.9 Å². The zero-order chi connectivity index (χ0) is 13.0. The third-order valence-electron chi connectivity index (χ3n) is 2.82. The number of nitrogens with one attached hydrogen (secondary N) is 1. The molecule has 2 aromatic rings. The van der Waals surface area contributed by atoms with Gasteiger partial charge in [0.1, 0.15) is 0 Å². The van der Waals surface area contributed by atoms with Gasteiger partial charge in [0.25, 0.3) is 0 Å². The second-order valence-corrected chi connectivity index (χ2v) is 4.29.